The second-order valence-electron chi connectivity index (χ2n) is 5.95. The van der Waals surface area contributed by atoms with Crippen LogP contribution < -0.4 is 15.8 Å². The fraction of sp³-hybridized carbons (Fsp3) is 0.211. The lowest BCUT2D eigenvalue weighted by Gasteiger charge is -2.17. The van der Waals surface area contributed by atoms with Crippen molar-refractivity contribution in [3.05, 3.63) is 59.8 Å². The largest absolute Gasteiger partial charge is 0.491 e. The molecular weight excluding hydrogens is 316 g/mol. The molecule has 0 saturated heterocycles. The predicted molar refractivity (Wildman–Crippen MR) is 97.6 cm³/mol. The van der Waals surface area contributed by atoms with Crippen molar-refractivity contribution in [2.45, 2.75) is 26.5 Å². The second kappa shape index (κ2) is 7.17. The summed E-state index contributed by atoms with van der Waals surface area (Å²) >= 11 is 0. The van der Waals surface area contributed by atoms with Gasteiger partial charge in [-0.1, -0.05) is 30.3 Å². The molecular formula is C19H20N4O2. The summed E-state index contributed by atoms with van der Waals surface area (Å²) in [5.74, 6) is 0.803. The van der Waals surface area contributed by atoms with E-state index in [2.05, 4.69) is 33.7 Å². The zero-order chi connectivity index (χ0) is 17.8. The summed E-state index contributed by atoms with van der Waals surface area (Å²) in [5.41, 5.74) is 6.37. The van der Waals surface area contributed by atoms with Gasteiger partial charge in [0.1, 0.15) is 11.6 Å². The van der Waals surface area contributed by atoms with E-state index in [9.17, 15) is 4.79 Å². The Bertz CT molecular complexity index is 892. The Hall–Kier alpha value is -3.15. The lowest BCUT2D eigenvalue weighted by molar-refractivity contribution is 0.0994. The Labute approximate surface area is 146 Å². The molecule has 3 N–H and O–H groups in total. The summed E-state index contributed by atoms with van der Waals surface area (Å²) in [6, 6.07) is 15.4. The Morgan fingerprint density at radius 2 is 1.92 bits per heavy atom. The topological polar surface area (TPSA) is 90.1 Å². The highest BCUT2D eigenvalue weighted by atomic mass is 16.5. The lowest BCUT2D eigenvalue weighted by atomic mass is 10.0. The molecule has 1 amide bonds. The molecule has 128 valence electrons. The van der Waals surface area contributed by atoms with Crippen molar-refractivity contribution < 1.29 is 9.53 Å². The van der Waals surface area contributed by atoms with Gasteiger partial charge in [-0.3, -0.25) is 4.79 Å². The highest BCUT2D eigenvalue weighted by Crippen LogP contribution is 2.29. The van der Waals surface area contributed by atoms with E-state index in [1.54, 1.807) is 12.1 Å². The first-order valence-electron chi connectivity index (χ1n) is 8.09. The monoisotopic (exact) mass is 336 g/mol. The highest BCUT2D eigenvalue weighted by Gasteiger charge is 2.11. The van der Waals surface area contributed by atoms with Crippen molar-refractivity contribution >= 4 is 22.5 Å². The summed E-state index contributed by atoms with van der Waals surface area (Å²) in [5, 5.41) is 13.3. The minimum absolute atomic E-state index is 0.0783. The number of ether oxygens (including phenoxy) is 1. The first-order valence-corrected chi connectivity index (χ1v) is 8.09. The Balaban J connectivity index is 1.89. The second-order valence-corrected chi connectivity index (χ2v) is 5.95. The van der Waals surface area contributed by atoms with E-state index < -0.39 is 5.91 Å². The minimum atomic E-state index is -0.597. The van der Waals surface area contributed by atoms with Gasteiger partial charge >= 0.3 is 0 Å². The number of anilines is 1. The molecule has 3 aromatic rings. The number of nitrogens with one attached hydrogen (secondary N) is 1. The molecule has 0 aliphatic heterocycles. The molecule has 0 aliphatic rings. The van der Waals surface area contributed by atoms with Crippen LogP contribution in [-0.4, -0.2) is 22.2 Å². The van der Waals surface area contributed by atoms with Gasteiger partial charge in [-0.25, -0.2) is 0 Å². The third-order valence-electron chi connectivity index (χ3n) is 3.72. The molecule has 0 fully saturated rings. The zero-order valence-corrected chi connectivity index (χ0v) is 14.2. The maximum atomic E-state index is 11.1. The van der Waals surface area contributed by atoms with Crippen LogP contribution >= 0.6 is 0 Å². The number of benzene rings is 2. The third-order valence-corrected chi connectivity index (χ3v) is 3.72. The fourth-order valence-electron chi connectivity index (χ4n) is 2.60. The van der Waals surface area contributed by atoms with Gasteiger partial charge in [-0.2, -0.15) is 0 Å². The van der Waals surface area contributed by atoms with Crippen LogP contribution in [0, 0.1) is 0 Å². The van der Waals surface area contributed by atoms with Gasteiger partial charge < -0.3 is 15.8 Å². The third kappa shape index (κ3) is 3.85. The summed E-state index contributed by atoms with van der Waals surface area (Å²) in [6.07, 6.45) is 0.0783. The Morgan fingerprint density at radius 3 is 2.60 bits per heavy atom. The van der Waals surface area contributed by atoms with Crippen molar-refractivity contribution in [3.63, 3.8) is 0 Å². The molecule has 0 spiro atoms. The summed E-state index contributed by atoms with van der Waals surface area (Å²) < 4.78 is 5.96. The number of carbonyl (C=O) groups excluding carboxylic acids is 1. The molecule has 0 aliphatic carbocycles. The van der Waals surface area contributed by atoms with Gasteiger partial charge in [0.2, 0.25) is 0 Å². The van der Waals surface area contributed by atoms with Crippen molar-refractivity contribution in [2.24, 2.45) is 5.73 Å². The van der Waals surface area contributed by atoms with Gasteiger partial charge in [-0.15, -0.1) is 10.2 Å². The van der Waals surface area contributed by atoms with Crippen molar-refractivity contribution in [2.75, 3.05) is 5.32 Å². The van der Waals surface area contributed by atoms with Gasteiger partial charge in [0.15, 0.2) is 5.69 Å². The van der Waals surface area contributed by atoms with Crippen molar-refractivity contribution in [3.8, 4) is 5.75 Å². The van der Waals surface area contributed by atoms with Gasteiger partial charge in [0.25, 0.3) is 5.91 Å². The first-order chi connectivity index (χ1) is 12.0. The van der Waals surface area contributed by atoms with Crippen LogP contribution in [0.1, 0.15) is 29.9 Å². The number of aromatic nitrogens is 2. The zero-order valence-electron chi connectivity index (χ0n) is 14.2. The predicted octanol–water partition coefficient (Wildman–Crippen LogP) is 3.13. The standard InChI is InChI=1S/C19H20N4O2/c1-12(2)25-17-9-7-13-5-3-4-6-14(13)15(17)11-21-18-10-8-16(19(20)24)22-23-18/h3-10,12H,11H2,1-2H3,(H2,20,24)(H,21,23). The van der Waals surface area contributed by atoms with Crippen LogP contribution in [0.15, 0.2) is 48.5 Å². The van der Waals surface area contributed by atoms with Crippen LogP contribution in [0.4, 0.5) is 5.82 Å². The molecule has 3 rings (SSSR count). The van der Waals surface area contributed by atoms with Crippen molar-refractivity contribution in [1.82, 2.24) is 10.2 Å². The average Bonchev–Trinajstić information content (AvgIpc) is 2.60. The average molecular weight is 336 g/mol. The van der Waals surface area contributed by atoms with Gasteiger partial charge in [-0.05, 0) is 42.8 Å². The van der Waals surface area contributed by atoms with Crippen LogP contribution in [0.25, 0.3) is 10.8 Å². The van der Waals surface area contributed by atoms with Crippen LogP contribution in [0.5, 0.6) is 5.75 Å². The first kappa shape index (κ1) is 16.7. The summed E-state index contributed by atoms with van der Waals surface area (Å²) in [7, 11) is 0. The molecule has 6 nitrogen and oxygen atoms in total. The normalized spacial score (nSPS) is 10.8. The van der Waals surface area contributed by atoms with Gasteiger partial charge in [0.05, 0.1) is 6.10 Å². The number of primary amides is 1. The molecule has 1 heterocycles. The number of hydrogen-bond acceptors (Lipinski definition) is 5. The number of nitrogens with zero attached hydrogens (tertiary/aromatic N) is 2. The number of carbonyl (C=O) groups is 1. The van der Waals surface area contributed by atoms with Gasteiger partial charge in [0, 0.05) is 12.1 Å². The van der Waals surface area contributed by atoms with E-state index in [0.29, 0.717) is 12.4 Å². The van der Waals surface area contributed by atoms with Crippen molar-refractivity contribution in [1.29, 1.82) is 0 Å². The lowest BCUT2D eigenvalue weighted by Crippen LogP contribution is -2.14. The fourth-order valence-corrected chi connectivity index (χ4v) is 2.60. The Morgan fingerprint density at radius 1 is 1.12 bits per heavy atom. The molecule has 2 aromatic carbocycles. The molecule has 0 radical (unpaired) electrons. The number of hydrogen-bond donors (Lipinski definition) is 2. The number of amides is 1. The molecule has 0 bridgehead atoms. The van der Waals surface area contributed by atoms with Crippen LogP contribution in [0.2, 0.25) is 0 Å². The molecule has 25 heavy (non-hydrogen) atoms. The number of nitrogens with two attached hydrogens (primary N) is 1. The molecule has 6 heteroatoms. The SMILES string of the molecule is CC(C)Oc1ccc2ccccc2c1CNc1ccc(C(N)=O)nn1. The van der Waals surface area contributed by atoms with E-state index >= 15 is 0 Å². The van der Waals surface area contributed by atoms with Crippen LogP contribution in [0.3, 0.4) is 0 Å². The number of rotatable bonds is 6. The highest BCUT2D eigenvalue weighted by molar-refractivity contribution is 5.90. The van der Waals surface area contributed by atoms with E-state index in [0.717, 1.165) is 22.1 Å². The smallest absolute Gasteiger partial charge is 0.269 e. The maximum Gasteiger partial charge on any atom is 0.269 e. The number of fused-ring (bicyclic) bond motifs is 1. The molecule has 0 unspecified atom stereocenters. The van der Waals surface area contributed by atoms with E-state index in [-0.39, 0.29) is 11.8 Å². The van der Waals surface area contributed by atoms with E-state index in [1.165, 1.54) is 0 Å². The molecule has 0 atom stereocenters. The summed E-state index contributed by atoms with van der Waals surface area (Å²) in [4.78, 5) is 11.1. The van der Waals surface area contributed by atoms with E-state index in [1.807, 2.05) is 32.0 Å². The maximum absolute atomic E-state index is 11.1. The molecule has 0 saturated carbocycles. The quantitative estimate of drug-likeness (QED) is 0.722. The van der Waals surface area contributed by atoms with Crippen LogP contribution in [-0.2, 0) is 6.54 Å². The molecule has 1 aromatic heterocycles. The minimum Gasteiger partial charge on any atom is -0.491 e. The van der Waals surface area contributed by atoms with E-state index in [4.69, 9.17) is 10.5 Å². The Kier molecular flexibility index (Phi) is 4.79. The summed E-state index contributed by atoms with van der Waals surface area (Å²) in [6.45, 7) is 4.52.